The Morgan fingerprint density at radius 2 is 2.21 bits per heavy atom. The Bertz CT molecular complexity index is 733. The molecule has 2 aromatic heterocycles. The molecular formula is C12H16N4O3. The highest BCUT2D eigenvalue weighted by molar-refractivity contribution is 5.69. The molecule has 0 radical (unpaired) electrons. The molecule has 0 spiro atoms. The Morgan fingerprint density at radius 1 is 1.42 bits per heavy atom. The molecule has 2 N–H and O–H groups in total. The molecule has 0 aliphatic carbocycles. The average Bonchev–Trinajstić information content (AvgIpc) is 2.97. The molecule has 1 aliphatic heterocycles. The van der Waals surface area contributed by atoms with E-state index in [1.54, 1.807) is 0 Å². The summed E-state index contributed by atoms with van der Waals surface area (Å²) >= 11 is 0. The van der Waals surface area contributed by atoms with Crippen LogP contribution < -0.4 is 11.2 Å². The van der Waals surface area contributed by atoms with Gasteiger partial charge in [0.1, 0.15) is 16.9 Å². The average molecular weight is 264 g/mol. The van der Waals surface area contributed by atoms with Crippen molar-refractivity contribution in [3.63, 3.8) is 0 Å². The lowest BCUT2D eigenvalue weighted by Crippen LogP contribution is -2.29. The predicted molar refractivity (Wildman–Crippen MR) is 69.2 cm³/mol. The van der Waals surface area contributed by atoms with Crippen molar-refractivity contribution in [1.29, 1.82) is 0 Å². The number of aromatic amines is 2. The van der Waals surface area contributed by atoms with E-state index in [1.807, 2.05) is 13.8 Å². The van der Waals surface area contributed by atoms with Gasteiger partial charge in [-0.15, -0.1) is 0 Å². The van der Waals surface area contributed by atoms with Gasteiger partial charge in [-0.25, -0.2) is 9.78 Å². The highest BCUT2D eigenvalue weighted by Crippen LogP contribution is 2.34. The summed E-state index contributed by atoms with van der Waals surface area (Å²) in [7, 11) is 0. The van der Waals surface area contributed by atoms with Crippen LogP contribution in [0.25, 0.3) is 11.2 Å². The zero-order chi connectivity index (χ0) is 13.6. The number of aryl methyl sites for hydroxylation is 1. The van der Waals surface area contributed by atoms with Crippen LogP contribution in [0.5, 0.6) is 0 Å². The van der Waals surface area contributed by atoms with Crippen LogP contribution in [0.1, 0.15) is 32.5 Å². The maximum absolute atomic E-state index is 11.8. The van der Waals surface area contributed by atoms with Crippen molar-refractivity contribution in [2.24, 2.45) is 0 Å². The summed E-state index contributed by atoms with van der Waals surface area (Å²) in [6.45, 7) is 4.92. The first kappa shape index (κ1) is 12.2. The highest BCUT2D eigenvalue weighted by Gasteiger charge is 2.35. The summed E-state index contributed by atoms with van der Waals surface area (Å²) in [5, 5.41) is 0. The smallest absolute Gasteiger partial charge is 0.330 e. The third-order valence-electron chi connectivity index (χ3n) is 3.67. The summed E-state index contributed by atoms with van der Waals surface area (Å²) < 4.78 is 7.15. The van der Waals surface area contributed by atoms with Crippen LogP contribution >= 0.6 is 0 Å². The molecule has 3 rings (SSSR count). The van der Waals surface area contributed by atoms with Crippen molar-refractivity contribution in [3.05, 3.63) is 26.7 Å². The molecule has 0 amide bonds. The molecule has 7 nitrogen and oxygen atoms in total. The van der Waals surface area contributed by atoms with E-state index in [2.05, 4.69) is 15.0 Å². The van der Waals surface area contributed by atoms with E-state index >= 15 is 0 Å². The molecular weight excluding hydrogens is 248 g/mol. The first-order valence-corrected chi connectivity index (χ1v) is 6.42. The molecule has 1 fully saturated rings. The van der Waals surface area contributed by atoms with Crippen LogP contribution in [0.4, 0.5) is 0 Å². The van der Waals surface area contributed by atoms with E-state index in [-0.39, 0.29) is 0 Å². The first-order valence-electron chi connectivity index (χ1n) is 6.42. The van der Waals surface area contributed by atoms with Crippen LogP contribution in [0.15, 0.2) is 9.59 Å². The number of rotatable bonds is 2. The molecule has 0 bridgehead atoms. The van der Waals surface area contributed by atoms with Gasteiger partial charge in [0.15, 0.2) is 5.65 Å². The number of nitrogens with one attached hydrogen (secondary N) is 2. The van der Waals surface area contributed by atoms with E-state index in [9.17, 15) is 9.59 Å². The summed E-state index contributed by atoms with van der Waals surface area (Å²) in [6.07, 6.45) is 1.81. The van der Waals surface area contributed by atoms with Gasteiger partial charge in [-0.2, -0.15) is 0 Å². The SMILES string of the molecule is CCn1c(=O)[nH]c(=O)c2[nH]c(C3(C)CCCO3)nc21. The summed E-state index contributed by atoms with van der Waals surface area (Å²) in [6, 6.07) is 0. The lowest BCUT2D eigenvalue weighted by atomic mass is 10.0. The van der Waals surface area contributed by atoms with Crippen molar-refractivity contribution >= 4 is 11.2 Å². The number of imidazole rings is 1. The second-order valence-corrected chi connectivity index (χ2v) is 4.97. The lowest BCUT2D eigenvalue weighted by Gasteiger charge is -2.19. The second kappa shape index (κ2) is 4.06. The fourth-order valence-electron chi connectivity index (χ4n) is 2.55. The fourth-order valence-corrected chi connectivity index (χ4v) is 2.55. The molecule has 0 aromatic carbocycles. The molecule has 3 heterocycles. The number of aromatic nitrogens is 4. The third-order valence-corrected chi connectivity index (χ3v) is 3.67. The van der Waals surface area contributed by atoms with Crippen LogP contribution in [0.2, 0.25) is 0 Å². The quantitative estimate of drug-likeness (QED) is 0.824. The maximum Gasteiger partial charge on any atom is 0.330 e. The summed E-state index contributed by atoms with van der Waals surface area (Å²) in [5.74, 6) is 0.610. The summed E-state index contributed by atoms with van der Waals surface area (Å²) in [5.41, 5.74) is -0.656. The Labute approximate surface area is 108 Å². The number of H-pyrrole nitrogens is 2. The minimum atomic E-state index is -0.500. The largest absolute Gasteiger partial charge is 0.367 e. The van der Waals surface area contributed by atoms with Gasteiger partial charge in [-0.05, 0) is 26.7 Å². The van der Waals surface area contributed by atoms with Gasteiger partial charge in [0.2, 0.25) is 0 Å². The minimum absolute atomic E-state index is 0.327. The van der Waals surface area contributed by atoms with Gasteiger partial charge in [-0.1, -0.05) is 0 Å². The predicted octanol–water partition coefficient (Wildman–Crippen LogP) is 0.458. The third kappa shape index (κ3) is 1.73. The maximum atomic E-state index is 11.8. The zero-order valence-corrected chi connectivity index (χ0v) is 10.9. The highest BCUT2D eigenvalue weighted by atomic mass is 16.5. The van der Waals surface area contributed by atoms with E-state index in [1.165, 1.54) is 4.57 Å². The normalized spacial score (nSPS) is 23.3. The summed E-state index contributed by atoms with van der Waals surface area (Å²) in [4.78, 5) is 33.3. The van der Waals surface area contributed by atoms with Gasteiger partial charge in [0.25, 0.3) is 5.56 Å². The molecule has 1 unspecified atom stereocenters. The van der Waals surface area contributed by atoms with E-state index in [0.717, 1.165) is 12.8 Å². The number of fused-ring (bicyclic) bond motifs is 1. The van der Waals surface area contributed by atoms with Gasteiger partial charge < -0.3 is 9.72 Å². The van der Waals surface area contributed by atoms with Gasteiger partial charge in [-0.3, -0.25) is 14.3 Å². The first-order chi connectivity index (χ1) is 9.05. The van der Waals surface area contributed by atoms with Gasteiger partial charge in [0, 0.05) is 13.2 Å². The Morgan fingerprint density at radius 3 is 2.84 bits per heavy atom. The molecule has 102 valence electrons. The van der Waals surface area contributed by atoms with Crippen molar-refractivity contribution < 1.29 is 4.74 Å². The van der Waals surface area contributed by atoms with Crippen LogP contribution in [0.3, 0.4) is 0 Å². The number of hydrogen-bond donors (Lipinski definition) is 2. The molecule has 1 saturated heterocycles. The molecule has 1 atom stereocenters. The Hall–Kier alpha value is -1.89. The van der Waals surface area contributed by atoms with Crippen LogP contribution in [-0.2, 0) is 16.9 Å². The molecule has 2 aromatic rings. The van der Waals surface area contributed by atoms with E-state index in [0.29, 0.717) is 30.1 Å². The van der Waals surface area contributed by atoms with Crippen LogP contribution in [-0.4, -0.2) is 26.1 Å². The molecule has 7 heteroatoms. The van der Waals surface area contributed by atoms with Crippen molar-refractivity contribution in [2.45, 2.75) is 38.8 Å². The Kier molecular flexibility index (Phi) is 2.60. The fraction of sp³-hybridized carbons (Fsp3) is 0.583. The van der Waals surface area contributed by atoms with Crippen molar-refractivity contribution in [3.8, 4) is 0 Å². The topological polar surface area (TPSA) is 92.8 Å². The van der Waals surface area contributed by atoms with Gasteiger partial charge >= 0.3 is 5.69 Å². The molecule has 1 aliphatic rings. The number of ether oxygens (including phenoxy) is 1. The minimum Gasteiger partial charge on any atom is -0.367 e. The van der Waals surface area contributed by atoms with Gasteiger partial charge in [0.05, 0.1) is 0 Å². The number of nitrogens with zero attached hydrogens (tertiary/aromatic N) is 2. The van der Waals surface area contributed by atoms with E-state index in [4.69, 9.17) is 4.74 Å². The second-order valence-electron chi connectivity index (χ2n) is 4.97. The Balaban J connectivity index is 2.29. The molecule has 19 heavy (non-hydrogen) atoms. The van der Waals surface area contributed by atoms with Crippen molar-refractivity contribution in [2.75, 3.05) is 6.61 Å². The molecule has 0 saturated carbocycles. The number of hydrogen-bond acceptors (Lipinski definition) is 4. The standard InChI is InChI=1S/C12H16N4O3/c1-3-16-8-7(9(17)15-11(16)18)13-10(14-8)12(2)5-4-6-19-12/h3-6H2,1-2H3,(H,13,14)(H,15,17,18). The van der Waals surface area contributed by atoms with Crippen molar-refractivity contribution in [1.82, 2.24) is 19.5 Å². The van der Waals surface area contributed by atoms with E-state index < -0.39 is 16.9 Å². The lowest BCUT2D eigenvalue weighted by molar-refractivity contribution is 0.0102. The monoisotopic (exact) mass is 264 g/mol. The zero-order valence-electron chi connectivity index (χ0n) is 10.9. The van der Waals surface area contributed by atoms with Crippen LogP contribution in [0, 0.1) is 0 Å².